The van der Waals surface area contributed by atoms with E-state index in [-0.39, 0.29) is 18.3 Å². The lowest BCUT2D eigenvalue weighted by Gasteiger charge is -2.27. The smallest absolute Gasteiger partial charge is 0.323 e. The number of aliphatic carboxylic acids is 1. The molecule has 0 unspecified atom stereocenters. The van der Waals surface area contributed by atoms with Gasteiger partial charge in [0.15, 0.2) is 0 Å². The Kier molecular flexibility index (Phi) is 4.25. The highest BCUT2D eigenvalue weighted by molar-refractivity contribution is 5.74. The number of hydrogen-bond donors (Lipinski definition) is 1. The summed E-state index contributed by atoms with van der Waals surface area (Å²) < 4.78 is 0. The maximum Gasteiger partial charge on any atom is 0.323 e. The Balaban J connectivity index is 3.10. The zero-order chi connectivity index (χ0) is 13.9. The van der Waals surface area contributed by atoms with Crippen LogP contribution in [0.4, 0.5) is 11.4 Å². The molecule has 0 amide bonds. The Hall–Kier alpha value is -2.11. The average Bonchev–Trinajstić information content (AvgIpc) is 2.24. The number of anilines is 1. The van der Waals surface area contributed by atoms with E-state index in [0.29, 0.717) is 11.3 Å². The van der Waals surface area contributed by atoms with E-state index in [4.69, 9.17) is 5.11 Å². The fourth-order valence-corrected chi connectivity index (χ4v) is 1.74. The molecule has 1 N–H and O–H groups in total. The van der Waals surface area contributed by atoms with Gasteiger partial charge in [0.2, 0.25) is 0 Å². The summed E-state index contributed by atoms with van der Waals surface area (Å²) in [4.78, 5) is 22.7. The van der Waals surface area contributed by atoms with Crippen molar-refractivity contribution in [1.29, 1.82) is 0 Å². The first-order valence-corrected chi connectivity index (χ1v) is 5.56. The van der Waals surface area contributed by atoms with Gasteiger partial charge in [-0.2, -0.15) is 0 Å². The van der Waals surface area contributed by atoms with Gasteiger partial charge >= 0.3 is 5.97 Å². The summed E-state index contributed by atoms with van der Waals surface area (Å²) in [6, 6.07) is 4.62. The molecule has 0 saturated carbocycles. The van der Waals surface area contributed by atoms with Gasteiger partial charge in [-0.3, -0.25) is 14.9 Å². The number of benzene rings is 1. The van der Waals surface area contributed by atoms with Crippen molar-refractivity contribution >= 4 is 17.3 Å². The topological polar surface area (TPSA) is 83.7 Å². The standard InChI is InChI=1S/C12H16N2O4/c1-8(2)13(7-12(15)16)10-4-5-11(14(17)18)9(3)6-10/h4-6,8H,7H2,1-3H3,(H,15,16). The van der Waals surface area contributed by atoms with Crippen LogP contribution >= 0.6 is 0 Å². The Morgan fingerprint density at radius 2 is 2.11 bits per heavy atom. The normalized spacial score (nSPS) is 10.4. The number of carboxylic acid groups (broad SMARTS) is 1. The fourth-order valence-electron chi connectivity index (χ4n) is 1.74. The molecule has 6 heteroatoms. The van der Waals surface area contributed by atoms with Crippen molar-refractivity contribution in [2.24, 2.45) is 0 Å². The first-order chi connectivity index (χ1) is 8.32. The van der Waals surface area contributed by atoms with E-state index in [0.717, 1.165) is 0 Å². The van der Waals surface area contributed by atoms with Crippen molar-refractivity contribution in [1.82, 2.24) is 0 Å². The second kappa shape index (κ2) is 5.48. The molecule has 0 aliphatic heterocycles. The predicted octanol–water partition coefficient (Wildman–Crippen LogP) is 2.20. The molecule has 0 atom stereocenters. The molecule has 0 aliphatic carbocycles. The van der Waals surface area contributed by atoms with Crippen molar-refractivity contribution < 1.29 is 14.8 Å². The van der Waals surface area contributed by atoms with Crippen LogP contribution in [0.2, 0.25) is 0 Å². The molecule has 0 radical (unpaired) electrons. The van der Waals surface area contributed by atoms with Crippen LogP contribution < -0.4 is 4.90 Å². The first-order valence-electron chi connectivity index (χ1n) is 5.56. The highest BCUT2D eigenvalue weighted by atomic mass is 16.6. The third-order valence-electron chi connectivity index (χ3n) is 2.64. The van der Waals surface area contributed by atoms with Crippen molar-refractivity contribution in [2.75, 3.05) is 11.4 Å². The molecule has 1 aromatic rings. The molecule has 0 bridgehead atoms. The minimum Gasteiger partial charge on any atom is -0.480 e. The van der Waals surface area contributed by atoms with E-state index in [2.05, 4.69) is 0 Å². The van der Waals surface area contributed by atoms with Crippen molar-refractivity contribution in [3.8, 4) is 0 Å². The predicted molar refractivity (Wildman–Crippen MR) is 68.0 cm³/mol. The summed E-state index contributed by atoms with van der Waals surface area (Å²) in [6.45, 7) is 5.26. The molecule has 0 fully saturated rings. The molecular formula is C12H16N2O4. The highest BCUT2D eigenvalue weighted by Crippen LogP contribution is 2.25. The summed E-state index contributed by atoms with van der Waals surface area (Å²) in [5, 5.41) is 19.6. The third kappa shape index (κ3) is 3.19. The van der Waals surface area contributed by atoms with E-state index >= 15 is 0 Å². The summed E-state index contributed by atoms with van der Waals surface area (Å²) >= 11 is 0. The zero-order valence-corrected chi connectivity index (χ0v) is 10.6. The van der Waals surface area contributed by atoms with Crippen LogP contribution in [-0.2, 0) is 4.79 Å². The molecule has 0 spiro atoms. The Bertz CT molecular complexity index is 471. The molecule has 98 valence electrons. The van der Waals surface area contributed by atoms with Gasteiger partial charge in [-0.1, -0.05) is 0 Å². The largest absolute Gasteiger partial charge is 0.480 e. The number of nitro benzene ring substituents is 1. The molecule has 0 saturated heterocycles. The van der Waals surface area contributed by atoms with Gasteiger partial charge in [0.1, 0.15) is 6.54 Å². The Morgan fingerprint density at radius 3 is 2.50 bits per heavy atom. The Morgan fingerprint density at radius 1 is 1.50 bits per heavy atom. The minimum atomic E-state index is -0.931. The van der Waals surface area contributed by atoms with Crippen LogP contribution in [0.5, 0.6) is 0 Å². The average molecular weight is 252 g/mol. The second-order valence-corrected chi connectivity index (χ2v) is 4.34. The lowest BCUT2D eigenvalue weighted by Crippen LogP contribution is -2.35. The van der Waals surface area contributed by atoms with Gasteiger partial charge in [0.05, 0.1) is 4.92 Å². The van der Waals surface area contributed by atoms with Crippen molar-refractivity contribution in [3.63, 3.8) is 0 Å². The minimum absolute atomic E-state index is 0.00181. The molecule has 6 nitrogen and oxygen atoms in total. The van der Waals surface area contributed by atoms with Gasteiger partial charge in [-0.05, 0) is 32.9 Å². The Labute approximate surface area is 105 Å². The number of nitro groups is 1. The van der Waals surface area contributed by atoms with Crippen LogP contribution in [0.1, 0.15) is 19.4 Å². The summed E-state index contributed by atoms with van der Waals surface area (Å²) in [5.74, 6) is -0.931. The van der Waals surface area contributed by atoms with Gasteiger partial charge < -0.3 is 10.0 Å². The first kappa shape index (κ1) is 14.0. The molecule has 1 aromatic carbocycles. The maximum absolute atomic E-state index is 10.8. The molecule has 0 aliphatic rings. The van der Waals surface area contributed by atoms with E-state index in [1.54, 1.807) is 24.0 Å². The third-order valence-corrected chi connectivity index (χ3v) is 2.64. The highest BCUT2D eigenvalue weighted by Gasteiger charge is 2.17. The zero-order valence-electron chi connectivity index (χ0n) is 10.6. The van der Waals surface area contributed by atoms with Crippen LogP contribution in [0, 0.1) is 17.0 Å². The lowest BCUT2D eigenvalue weighted by atomic mass is 10.1. The molecular weight excluding hydrogens is 236 g/mol. The van der Waals surface area contributed by atoms with Crippen molar-refractivity contribution in [2.45, 2.75) is 26.8 Å². The molecule has 18 heavy (non-hydrogen) atoms. The van der Waals surface area contributed by atoms with Gasteiger partial charge in [-0.15, -0.1) is 0 Å². The monoisotopic (exact) mass is 252 g/mol. The summed E-state index contributed by atoms with van der Waals surface area (Å²) in [5.41, 5.74) is 1.24. The van der Waals surface area contributed by atoms with Gasteiger partial charge in [-0.25, -0.2) is 0 Å². The van der Waals surface area contributed by atoms with Gasteiger partial charge in [0.25, 0.3) is 5.69 Å². The van der Waals surface area contributed by atoms with E-state index in [1.807, 2.05) is 13.8 Å². The van der Waals surface area contributed by atoms with Crippen molar-refractivity contribution in [3.05, 3.63) is 33.9 Å². The van der Waals surface area contributed by atoms with E-state index in [1.165, 1.54) is 6.07 Å². The van der Waals surface area contributed by atoms with Crippen LogP contribution in [0.3, 0.4) is 0 Å². The number of carbonyl (C=O) groups is 1. The molecule has 0 heterocycles. The number of hydrogen-bond acceptors (Lipinski definition) is 4. The lowest BCUT2D eigenvalue weighted by molar-refractivity contribution is -0.385. The van der Waals surface area contributed by atoms with Gasteiger partial charge in [0, 0.05) is 23.4 Å². The maximum atomic E-state index is 10.8. The number of nitrogens with zero attached hydrogens (tertiary/aromatic N) is 2. The van der Waals surface area contributed by atoms with E-state index in [9.17, 15) is 14.9 Å². The SMILES string of the molecule is Cc1cc(N(CC(=O)O)C(C)C)ccc1[N+](=O)[O-]. The van der Waals surface area contributed by atoms with Crippen LogP contribution in [-0.4, -0.2) is 28.6 Å². The van der Waals surface area contributed by atoms with Crippen LogP contribution in [0.25, 0.3) is 0 Å². The van der Waals surface area contributed by atoms with Crippen LogP contribution in [0.15, 0.2) is 18.2 Å². The number of carboxylic acids is 1. The summed E-state index contributed by atoms with van der Waals surface area (Å²) in [7, 11) is 0. The quantitative estimate of drug-likeness (QED) is 0.641. The second-order valence-electron chi connectivity index (χ2n) is 4.34. The summed E-state index contributed by atoms with van der Waals surface area (Å²) in [6.07, 6.45) is 0. The number of rotatable bonds is 5. The van der Waals surface area contributed by atoms with E-state index < -0.39 is 10.9 Å². The fraction of sp³-hybridized carbons (Fsp3) is 0.417. The molecule has 0 aromatic heterocycles. The number of aryl methyl sites for hydroxylation is 1. The molecule has 1 rings (SSSR count).